The van der Waals surface area contributed by atoms with E-state index in [2.05, 4.69) is 21.2 Å². The van der Waals surface area contributed by atoms with Crippen molar-refractivity contribution in [3.63, 3.8) is 0 Å². The van der Waals surface area contributed by atoms with Gasteiger partial charge in [0.25, 0.3) is 5.91 Å². The van der Waals surface area contributed by atoms with Gasteiger partial charge in [0, 0.05) is 28.3 Å². The summed E-state index contributed by atoms with van der Waals surface area (Å²) < 4.78 is 6.39. The van der Waals surface area contributed by atoms with Crippen LogP contribution in [0.1, 0.15) is 15.9 Å². The second-order valence-corrected chi connectivity index (χ2v) is 5.49. The highest BCUT2D eigenvalue weighted by Gasteiger charge is 2.09. The van der Waals surface area contributed by atoms with E-state index in [4.69, 9.17) is 10.5 Å². The minimum atomic E-state index is -0.143. The molecule has 0 aliphatic carbocycles. The number of carbonyl (C=O) groups is 1. The molecular formula is C16H17BrN2O2. The van der Waals surface area contributed by atoms with Crippen molar-refractivity contribution >= 4 is 27.5 Å². The third-order valence-corrected chi connectivity index (χ3v) is 3.40. The number of benzene rings is 2. The SMILES string of the molecule is Cc1cc(Br)ccc1C(=O)Nc1cccc(OCCN)c1. The van der Waals surface area contributed by atoms with Crippen LogP contribution in [0.4, 0.5) is 5.69 Å². The Morgan fingerprint density at radius 3 is 2.81 bits per heavy atom. The van der Waals surface area contributed by atoms with Gasteiger partial charge in [-0.25, -0.2) is 0 Å². The van der Waals surface area contributed by atoms with E-state index in [1.807, 2.05) is 37.3 Å². The normalized spacial score (nSPS) is 10.2. The van der Waals surface area contributed by atoms with Gasteiger partial charge in [-0.15, -0.1) is 0 Å². The predicted molar refractivity (Wildman–Crippen MR) is 87.8 cm³/mol. The van der Waals surface area contributed by atoms with Crippen LogP contribution >= 0.6 is 15.9 Å². The summed E-state index contributed by atoms with van der Waals surface area (Å²) in [5.41, 5.74) is 7.65. The number of amides is 1. The lowest BCUT2D eigenvalue weighted by Crippen LogP contribution is -2.14. The summed E-state index contributed by atoms with van der Waals surface area (Å²) in [5.74, 6) is 0.543. The molecule has 0 aliphatic heterocycles. The summed E-state index contributed by atoms with van der Waals surface area (Å²) in [7, 11) is 0. The van der Waals surface area contributed by atoms with Crippen molar-refractivity contribution < 1.29 is 9.53 Å². The number of nitrogens with two attached hydrogens (primary N) is 1. The maximum Gasteiger partial charge on any atom is 0.255 e. The van der Waals surface area contributed by atoms with Crippen LogP contribution in [0.3, 0.4) is 0 Å². The summed E-state index contributed by atoms with van der Waals surface area (Å²) in [6.45, 7) is 2.80. The van der Waals surface area contributed by atoms with Crippen LogP contribution in [0.15, 0.2) is 46.9 Å². The van der Waals surface area contributed by atoms with E-state index in [1.165, 1.54) is 0 Å². The van der Waals surface area contributed by atoms with Crippen molar-refractivity contribution in [1.82, 2.24) is 0 Å². The smallest absolute Gasteiger partial charge is 0.255 e. The third kappa shape index (κ3) is 4.31. The molecular weight excluding hydrogens is 332 g/mol. The average molecular weight is 349 g/mol. The van der Waals surface area contributed by atoms with E-state index in [-0.39, 0.29) is 5.91 Å². The summed E-state index contributed by atoms with van der Waals surface area (Å²) in [6, 6.07) is 12.8. The number of aryl methyl sites for hydroxylation is 1. The van der Waals surface area contributed by atoms with E-state index in [9.17, 15) is 4.79 Å². The van der Waals surface area contributed by atoms with Crippen molar-refractivity contribution in [3.05, 3.63) is 58.1 Å². The minimum Gasteiger partial charge on any atom is -0.492 e. The molecule has 0 aliphatic rings. The van der Waals surface area contributed by atoms with Gasteiger partial charge in [0.15, 0.2) is 0 Å². The van der Waals surface area contributed by atoms with Gasteiger partial charge < -0.3 is 15.8 Å². The first-order valence-electron chi connectivity index (χ1n) is 6.60. The van der Waals surface area contributed by atoms with Crippen molar-refractivity contribution in [2.24, 2.45) is 5.73 Å². The van der Waals surface area contributed by atoms with E-state index >= 15 is 0 Å². The lowest BCUT2D eigenvalue weighted by Gasteiger charge is -2.10. The Hall–Kier alpha value is -1.85. The molecule has 0 radical (unpaired) electrons. The molecule has 110 valence electrons. The number of halogens is 1. The van der Waals surface area contributed by atoms with Gasteiger partial charge in [0.2, 0.25) is 0 Å². The van der Waals surface area contributed by atoms with E-state index in [1.54, 1.807) is 12.1 Å². The molecule has 0 atom stereocenters. The van der Waals surface area contributed by atoms with Gasteiger partial charge in [-0.05, 0) is 42.8 Å². The number of hydrogen-bond acceptors (Lipinski definition) is 3. The molecule has 2 aromatic carbocycles. The molecule has 2 aromatic rings. The molecule has 0 saturated carbocycles. The summed E-state index contributed by atoms with van der Waals surface area (Å²) in [4.78, 5) is 12.3. The van der Waals surface area contributed by atoms with Gasteiger partial charge in [0.05, 0.1) is 0 Å². The van der Waals surface area contributed by atoms with Crippen molar-refractivity contribution in [3.8, 4) is 5.75 Å². The Morgan fingerprint density at radius 2 is 2.10 bits per heavy atom. The fraction of sp³-hybridized carbons (Fsp3) is 0.188. The first kappa shape index (κ1) is 15.5. The molecule has 0 aromatic heterocycles. The number of ether oxygens (including phenoxy) is 1. The third-order valence-electron chi connectivity index (χ3n) is 2.91. The number of anilines is 1. The summed E-state index contributed by atoms with van der Waals surface area (Å²) in [6.07, 6.45) is 0. The summed E-state index contributed by atoms with van der Waals surface area (Å²) in [5, 5.41) is 2.87. The van der Waals surface area contributed by atoms with Crippen LogP contribution in [0.25, 0.3) is 0 Å². The first-order valence-corrected chi connectivity index (χ1v) is 7.40. The monoisotopic (exact) mass is 348 g/mol. The zero-order valence-electron chi connectivity index (χ0n) is 11.7. The van der Waals surface area contributed by atoms with Gasteiger partial charge in [-0.1, -0.05) is 22.0 Å². The largest absolute Gasteiger partial charge is 0.492 e. The van der Waals surface area contributed by atoms with E-state index < -0.39 is 0 Å². The quantitative estimate of drug-likeness (QED) is 0.870. The number of hydrogen-bond donors (Lipinski definition) is 2. The zero-order chi connectivity index (χ0) is 15.2. The Morgan fingerprint density at radius 1 is 1.29 bits per heavy atom. The molecule has 2 rings (SSSR count). The first-order chi connectivity index (χ1) is 10.1. The summed E-state index contributed by atoms with van der Waals surface area (Å²) >= 11 is 3.39. The molecule has 3 N–H and O–H groups in total. The molecule has 0 bridgehead atoms. The molecule has 0 fully saturated rings. The average Bonchev–Trinajstić information content (AvgIpc) is 2.45. The van der Waals surface area contributed by atoms with Crippen LogP contribution in [-0.2, 0) is 0 Å². The maximum absolute atomic E-state index is 12.3. The Labute approximate surface area is 132 Å². The van der Waals surface area contributed by atoms with Crippen LogP contribution in [-0.4, -0.2) is 19.1 Å². The maximum atomic E-state index is 12.3. The zero-order valence-corrected chi connectivity index (χ0v) is 13.3. The molecule has 0 saturated heterocycles. The van der Waals surface area contributed by atoms with Crippen molar-refractivity contribution in [2.45, 2.75) is 6.92 Å². The fourth-order valence-corrected chi connectivity index (χ4v) is 2.40. The standard InChI is InChI=1S/C16H17BrN2O2/c1-11-9-12(17)5-6-15(11)16(20)19-13-3-2-4-14(10-13)21-8-7-18/h2-6,9-10H,7-8,18H2,1H3,(H,19,20). The number of rotatable bonds is 5. The van der Waals surface area contributed by atoms with Crippen LogP contribution < -0.4 is 15.8 Å². The fourth-order valence-electron chi connectivity index (χ4n) is 1.92. The number of nitrogens with one attached hydrogen (secondary N) is 1. The lowest BCUT2D eigenvalue weighted by atomic mass is 10.1. The highest BCUT2D eigenvalue weighted by Crippen LogP contribution is 2.20. The topological polar surface area (TPSA) is 64.3 Å². The number of carbonyl (C=O) groups excluding carboxylic acids is 1. The predicted octanol–water partition coefficient (Wildman–Crippen LogP) is 3.35. The highest BCUT2D eigenvalue weighted by molar-refractivity contribution is 9.10. The van der Waals surface area contributed by atoms with Gasteiger partial charge in [-0.3, -0.25) is 4.79 Å². The molecule has 21 heavy (non-hydrogen) atoms. The van der Waals surface area contributed by atoms with E-state index in [0.717, 1.165) is 10.0 Å². The van der Waals surface area contributed by atoms with Crippen LogP contribution in [0.2, 0.25) is 0 Å². The van der Waals surface area contributed by atoms with Crippen molar-refractivity contribution in [1.29, 1.82) is 0 Å². The molecule has 5 heteroatoms. The minimum absolute atomic E-state index is 0.143. The van der Waals surface area contributed by atoms with Crippen LogP contribution in [0.5, 0.6) is 5.75 Å². The highest BCUT2D eigenvalue weighted by atomic mass is 79.9. The van der Waals surface area contributed by atoms with Gasteiger partial charge in [0.1, 0.15) is 12.4 Å². The molecule has 1 amide bonds. The Balaban J connectivity index is 2.12. The Kier molecular flexibility index (Phi) is 5.36. The van der Waals surface area contributed by atoms with Crippen LogP contribution in [0, 0.1) is 6.92 Å². The van der Waals surface area contributed by atoms with Crippen molar-refractivity contribution in [2.75, 3.05) is 18.5 Å². The molecule has 0 unspecified atom stereocenters. The Bertz CT molecular complexity index is 644. The lowest BCUT2D eigenvalue weighted by molar-refractivity contribution is 0.102. The van der Waals surface area contributed by atoms with Gasteiger partial charge in [-0.2, -0.15) is 0 Å². The van der Waals surface area contributed by atoms with Gasteiger partial charge >= 0.3 is 0 Å². The van der Waals surface area contributed by atoms with E-state index in [0.29, 0.717) is 30.2 Å². The molecule has 0 spiro atoms. The molecule has 0 heterocycles. The molecule has 4 nitrogen and oxygen atoms in total. The second kappa shape index (κ2) is 7.24. The second-order valence-electron chi connectivity index (χ2n) is 4.58.